The van der Waals surface area contributed by atoms with Crippen molar-refractivity contribution in [3.63, 3.8) is 0 Å². The van der Waals surface area contributed by atoms with Gasteiger partial charge in [-0.1, -0.05) is 19.8 Å². The summed E-state index contributed by atoms with van der Waals surface area (Å²) >= 11 is 0. The number of likely N-dealkylation sites (N-methyl/N-ethyl adjacent to an activating group) is 1. The minimum atomic E-state index is 0.418. The van der Waals surface area contributed by atoms with Gasteiger partial charge in [0.05, 0.1) is 6.61 Å². The Kier molecular flexibility index (Phi) is 3.87. The Morgan fingerprint density at radius 1 is 1.45 bits per heavy atom. The molecule has 1 heterocycles. The number of hydrogen-bond acceptors (Lipinski definition) is 2. The number of ether oxygens (including phenoxy) is 1. The summed E-state index contributed by atoms with van der Waals surface area (Å²) in [5.74, 6) is 0. The summed E-state index contributed by atoms with van der Waals surface area (Å²) in [6.07, 6.45) is 5.58. The zero-order valence-corrected chi connectivity index (χ0v) is 7.68. The summed E-state index contributed by atoms with van der Waals surface area (Å²) < 4.78 is 5.54. The molecule has 1 saturated heterocycles. The van der Waals surface area contributed by atoms with Gasteiger partial charge in [0.25, 0.3) is 0 Å². The molecule has 1 unspecified atom stereocenters. The topological polar surface area (TPSA) is 12.5 Å². The van der Waals surface area contributed by atoms with Crippen molar-refractivity contribution in [3.05, 3.63) is 0 Å². The molecule has 1 aliphatic rings. The molecule has 0 saturated carbocycles. The van der Waals surface area contributed by atoms with Gasteiger partial charge in [-0.3, -0.25) is 4.90 Å². The summed E-state index contributed by atoms with van der Waals surface area (Å²) in [5, 5.41) is 0. The van der Waals surface area contributed by atoms with Gasteiger partial charge in [0.1, 0.15) is 6.23 Å². The number of unbranched alkanes of at least 4 members (excludes halogenated alkanes) is 2. The second-order valence-corrected chi connectivity index (χ2v) is 3.30. The largest absolute Gasteiger partial charge is 0.362 e. The normalized spacial score (nSPS) is 26.2. The van der Waals surface area contributed by atoms with Gasteiger partial charge in [-0.25, -0.2) is 0 Å². The van der Waals surface area contributed by atoms with E-state index in [-0.39, 0.29) is 0 Å². The van der Waals surface area contributed by atoms with Crippen LogP contribution in [0.4, 0.5) is 0 Å². The molecule has 2 heteroatoms. The molecule has 0 N–H and O–H groups in total. The van der Waals surface area contributed by atoms with E-state index in [2.05, 4.69) is 18.9 Å². The van der Waals surface area contributed by atoms with Crippen molar-refractivity contribution >= 4 is 0 Å². The van der Waals surface area contributed by atoms with E-state index in [1.165, 1.54) is 25.7 Å². The van der Waals surface area contributed by atoms with Gasteiger partial charge in [0.15, 0.2) is 0 Å². The third-order valence-corrected chi connectivity index (χ3v) is 2.30. The van der Waals surface area contributed by atoms with Crippen LogP contribution in [0.2, 0.25) is 0 Å². The van der Waals surface area contributed by atoms with Crippen molar-refractivity contribution in [3.8, 4) is 0 Å². The van der Waals surface area contributed by atoms with Crippen LogP contribution in [0.15, 0.2) is 0 Å². The van der Waals surface area contributed by atoms with E-state index in [1.807, 2.05) is 0 Å². The van der Waals surface area contributed by atoms with Crippen molar-refractivity contribution in [2.75, 3.05) is 20.2 Å². The molecule has 1 atom stereocenters. The second-order valence-electron chi connectivity index (χ2n) is 3.30. The first-order valence-corrected chi connectivity index (χ1v) is 4.66. The molecule has 0 radical (unpaired) electrons. The highest BCUT2D eigenvalue weighted by molar-refractivity contribution is 4.65. The van der Waals surface area contributed by atoms with Crippen LogP contribution in [-0.2, 0) is 4.74 Å². The first-order valence-electron chi connectivity index (χ1n) is 4.66. The molecule has 0 aliphatic carbocycles. The van der Waals surface area contributed by atoms with Gasteiger partial charge in [-0.05, 0) is 19.9 Å². The molecule has 0 aromatic carbocycles. The molecule has 0 aromatic rings. The Bertz CT molecular complexity index is 106. The smallest absolute Gasteiger partial charge is 0.110 e. The molecule has 1 fully saturated rings. The van der Waals surface area contributed by atoms with Gasteiger partial charge in [0.2, 0.25) is 0 Å². The van der Waals surface area contributed by atoms with E-state index < -0.39 is 0 Å². The lowest BCUT2D eigenvalue weighted by Gasteiger charge is -2.17. The summed E-state index contributed by atoms with van der Waals surface area (Å²) in [6, 6.07) is 0. The zero-order chi connectivity index (χ0) is 8.10. The van der Waals surface area contributed by atoms with Gasteiger partial charge in [-0.15, -0.1) is 0 Å². The van der Waals surface area contributed by atoms with Gasteiger partial charge >= 0.3 is 0 Å². The maximum Gasteiger partial charge on any atom is 0.110 e. The van der Waals surface area contributed by atoms with Crippen LogP contribution in [0.5, 0.6) is 0 Å². The van der Waals surface area contributed by atoms with Crippen LogP contribution in [0.25, 0.3) is 0 Å². The number of hydrogen-bond donors (Lipinski definition) is 0. The lowest BCUT2D eigenvalue weighted by Crippen LogP contribution is -2.25. The van der Waals surface area contributed by atoms with Crippen LogP contribution in [-0.4, -0.2) is 31.3 Å². The minimum Gasteiger partial charge on any atom is -0.362 e. The average molecular weight is 157 g/mol. The van der Waals surface area contributed by atoms with Gasteiger partial charge in [-0.2, -0.15) is 0 Å². The molecule has 1 rings (SSSR count). The van der Waals surface area contributed by atoms with Gasteiger partial charge < -0.3 is 4.74 Å². The van der Waals surface area contributed by atoms with Crippen LogP contribution in [0, 0.1) is 0 Å². The first-order chi connectivity index (χ1) is 5.34. The molecule has 66 valence electrons. The van der Waals surface area contributed by atoms with Crippen LogP contribution >= 0.6 is 0 Å². The molecule has 0 bridgehead atoms. The fourth-order valence-corrected chi connectivity index (χ4v) is 1.48. The van der Waals surface area contributed by atoms with E-state index in [4.69, 9.17) is 4.74 Å². The van der Waals surface area contributed by atoms with Crippen molar-refractivity contribution in [1.82, 2.24) is 4.90 Å². The second kappa shape index (κ2) is 4.73. The quantitative estimate of drug-likeness (QED) is 0.577. The van der Waals surface area contributed by atoms with E-state index in [0.29, 0.717) is 6.23 Å². The lowest BCUT2D eigenvalue weighted by atomic mass is 10.2. The number of rotatable bonds is 4. The van der Waals surface area contributed by atoms with Crippen molar-refractivity contribution < 1.29 is 4.74 Å². The predicted molar refractivity (Wildman–Crippen MR) is 46.5 cm³/mol. The van der Waals surface area contributed by atoms with E-state index in [1.54, 1.807) is 0 Å². The van der Waals surface area contributed by atoms with E-state index in [0.717, 1.165) is 13.2 Å². The highest BCUT2D eigenvalue weighted by atomic mass is 16.5. The maximum absolute atomic E-state index is 5.54. The third kappa shape index (κ3) is 2.80. The van der Waals surface area contributed by atoms with E-state index >= 15 is 0 Å². The van der Waals surface area contributed by atoms with Crippen LogP contribution in [0.3, 0.4) is 0 Å². The Morgan fingerprint density at radius 3 is 2.82 bits per heavy atom. The first kappa shape index (κ1) is 9.01. The molecule has 0 amide bonds. The minimum absolute atomic E-state index is 0.418. The monoisotopic (exact) mass is 157 g/mol. The standard InChI is InChI=1S/C9H19NO/c1-3-4-5-6-9-10(2)7-8-11-9/h9H,3-8H2,1-2H3. The van der Waals surface area contributed by atoms with Crippen LogP contribution < -0.4 is 0 Å². The number of nitrogens with zero attached hydrogens (tertiary/aromatic N) is 1. The third-order valence-electron chi connectivity index (χ3n) is 2.30. The fourth-order valence-electron chi connectivity index (χ4n) is 1.48. The highest BCUT2D eigenvalue weighted by Crippen LogP contribution is 2.14. The Balaban J connectivity index is 2.05. The molecular weight excluding hydrogens is 138 g/mol. The molecule has 11 heavy (non-hydrogen) atoms. The lowest BCUT2D eigenvalue weighted by molar-refractivity contribution is 0.0373. The molecule has 0 aromatic heterocycles. The summed E-state index contributed by atoms with van der Waals surface area (Å²) in [6.45, 7) is 4.27. The summed E-state index contributed by atoms with van der Waals surface area (Å²) in [4.78, 5) is 2.30. The average Bonchev–Trinajstić information content (AvgIpc) is 2.37. The maximum atomic E-state index is 5.54. The Labute approximate surface area is 69.5 Å². The van der Waals surface area contributed by atoms with Crippen molar-refractivity contribution in [2.24, 2.45) is 0 Å². The molecule has 1 aliphatic heterocycles. The predicted octanol–water partition coefficient (Wildman–Crippen LogP) is 1.85. The zero-order valence-electron chi connectivity index (χ0n) is 7.68. The van der Waals surface area contributed by atoms with Crippen LogP contribution in [0.1, 0.15) is 32.6 Å². The Hall–Kier alpha value is -0.0800. The summed E-state index contributed by atoms with van der Waals surface area (Å²) in [7, 11) is 2.14. The molecule has 0 spiro atoms. The van der Waals surface area contributed by atoms with Crippen molar-refractivity contribution in [2.45, 2.75) is 38.8 Å². The SMILES string of the molecule is CCCCCC1OCCN1C. The molecular formula is C9H19NO. The Morgan fingerprint density at radius 2 is 2.27 bits per heavy atom. The van der Waals surface area contributed by atoms with Gasteiger partial charge in [0, 0.05) is 6.54 Å². The fraction of sp³-hybridized carbons (Fsp3) is 1.00. The summed E-state index contributed by atoms with van der Waals surface area (Å²) in [5.41, 5.74) is 0. The van der Waals surface area contributed by atoms with Crippen molar-refractivity contribution in [1.29, 1.82) is 0 Å². The molecule has 2 nitrogen and oxygen atoms in total. The highest BCUT2D eigenvalue weighted by Gasteiger charge is 2.20. The van der Waals surface area contributed by atoms with E-state index in [9.17, 15) is 0 Å².